The fourth-order valence-electron chi connectivity index (χ4n) is 3.08. The van der Waals surface area contributed by atoms with E-state index in [1.807, 2.05) is 30.3 Å². The molecule has 0 radical (unpaired) electrons. The molecule has 136 valence electrons. The third-order valence-electron chi connectivity index (χ3n) is 4.64. The first-order valence-electron chi connectivity index (χ1n) is 10.2. The molecule has 0 N–H and O–H groups in total. The van der Waals surface area contributed by atoms with Gasteiger partial charge in [0.05, 0.1) is 6.61 Å². The largest absolute Gasteiger partial charge is 0.493 e. The summed E-state index contributed by atoms with van der Waals surface area (Å²) in [6.45, 7) is 6.94. The van der Waals surface area contributed by atoms with E-state index in [9.17, 15) is 0 Å². The minimum atomic E-state index is 0.822. The van der Waals surface area contributed by atoms with Gasteiger partial charge in [-0.25, -0.2) is 0 Å². The quantitative estimate of drug-likeness (QED) is 0.281. The number of rotatable bonds is 16. The van der Waals surface area contributed by atoms with Crippen molar-refractivity contribution in [2.45, 2.75) is 90.4 Å². The highest BCUT2D eigenvalue weighted by Gasteiger charge is 1.99. The summed E-state index contributed by atoms with van der Waals surface area (Å²) < 4.78 is 5.86. The monoisotopic (exact) mass is 330 g/mol. The molecule has 0 aliphatic rings. The van der Waals surface area contributed by atoms with Crippen molar-refractivity contribution < 1.29 is 4.74 Å². The fourth-order valence-corrected chi connectivity index (χ4v) is 3.08. The molecule has 0 fully saturated rings. The van der Waals surface area contributed by atoms with E-state index in [1.54, 1.807) is 0 Å². The number of benzene rings is 1. The van der Waals surface area contributed by atoms with Crippen LogP contribution in [0.5, 0.6) is 5.75 Å². The molecule has 0 spiro atoms. The van der Waals surface area contributed by atoms with Crippen LogP contribution in [0.4, 0.5) is 0 Å². The van der Waals surface area contributed by atoms with E-state index >= 15 is 0 Å². The number of hydrogen-bond acceptors (Lipinski definition) is 1. The van der Waals surface area contributed by atoms with Gasteiger partial charge >= 0.3 is 0 Å². The van der Waals surface area contributed by atoms with Gasteiger partial charge in [0.25, 0.3) is 0 Å². The van der Waals surface area contributed by atoms with Gasteiger partial charge in [-0.3, -0.25) is 0 Å². The third kappa shape index (κ3) is 10.5. The molecule has 0 unspecified atom stereocenters. The standard InChI is InChI=1S/C23H38O/c1-3-5-6-7-8-9-10-11-12-13-14-15-18-21-24-23-20-17-16-19-22(23)4-2/h4,16-17,19-20H,2-3,5-15,18,21H2,1H3. The maximum atomic E-state index is 5.86. The lowest BCUT2D eigenvalue weighted by molar-refractivity contribution is 0.303. The Balaban J connectivity index is 1.85. The van der Waals surface area contributed by atoms with Crippen molar-refractivity contribution in [2.24, 2.45) is 0 Å². The molecule has 0 aliphatic carbocycles. The second kappa shape index (κ2) is 15.3. The molecule has 0 aromatic heterocycles. The van der Waals surface area contributed by atoms with Crippen molar-refractivity contribution in [3.05, 3.63) is 36.4 Å². The minimum Gasteiger partial charge on any atom is -0.493 e. The second-order valence-electron chi connectivity index (χ2n) is 6.83. The Morgan fingerprint density at radius 1 is 0.750 bits per heavy atom. The zero-order chi connectivity index (χ0) is 17.3. The first kappa shape index (κ1) is 20.8. The topological polar surface area (TPSA) is 9.23 Å². The van der Waals surface area contributed by atoms with Gasteiger partial charge in [-0.2, -0.15) is 0 Å². The van der Waals surface area contributed by atoms with E-state index < -0.39 is 0 Å². The van der Waals surface area contributed by atoms with E-state index in [0.717, 1.165) is 24.3 Å². The van der Waals surface area contributed by atoms with Crippen molar-refractivity contribution in [1.82, 2.24) is 0 Å². The van der Waals surface area contributed by atoms with Crippen LogP contribution in [0.1, 0.15) is 96.0 Å². The maximum Gasteiger partial charge on any atom is 0.126 e. The fraction of sp³-hybridized carbons (Fsp3) is 0.652. The first-order valence-corrected chi connectivity index (χ1v) is 10.2. The Kier molecular flexibility index (Phi) is 13.3. The highest BCUT2D eigenvalue weighted by Crippen LogP contribution is 2.19. The van der Waals surface area contributed by atoms with Crippen LogP contribution in [0.25, 0.3) is 6.08 Å². The van der Waals surface area contributed by atoms with Gasteiger partial charge in [-0.15, -0.1) is 0 Å². The molecule has 0 aliphatic heterocycles. The molecular formula is C23H38O. The number of hydrogen-bond donors (Lipinski definition) is 0. The van der Waals surface area contributed by atoms with Gasteiger partial charge in [0, 0.05) is 5.56 Å². The van der Waals surface area contributed by atoms with Gasteiger partial charge in [0.2, 0.25) is 0 Å². The lowest BCUT2D eigenvalue weighted by Gasteiger charge is -2.08. The van der Waals surface area contributed by atoms with Crippen LogP contribution >= 0.6 is 0 Å². The highest BCUT2D eigenvalue weighted by molar-refractivity contribution is 5.55. The van der Waals surface area contributed by atoms with Crippen molar-refractivity contribution in [3.8, 4) is 5.75 Å². The van der Waals surface area contributed by atoms with Crippen LogP contribution < -0.4 is 4.74 Å². The number of unbranched alkanes of at least 4 members (excludes halogenated alkanes) is 12. The van der Waals surface area contributed by atoms with Gasteiger partial charge < -0.3 is 4.74 Å². The van der Waals surface area contributed by atoms with Crippen LogP contribution in [0.15, 0.2) is 30.8 Å². The molecule has 0 saturated carbocycles. The molecule has 0 heterocycles. The average molecular weight is 331 g/mol. The molecule has 0 atom stereocenters. The number of ether oxygens (including phenoxy) is 1. The summed E-state index contributed by atoms with van der Waals surface area (Å²) in [6, 6.07) is 8.12. The zero-order valence-corrected chi connectivity index (χ0v) is 15.9. The van der Waals surface area contributed by atoms with E-state index in [4.69, 9.17) is 4.74 Å². The molecule has 1 aromatic rings. The van der Waals surface area contributed by atoms with Crippen molar-refractivity contribution >= 4 is 6.08 Å². The zero-order valence-electron chi connectivity index (χ0n) is 15.9. The van der Waals surface area contributed by atoms with Gasteiger partial charge in [-0.05, 0) is 12.5 Å². The number of para-hydroxylation sites is 1. The first-order chi connectivity index (χ1) is 11.9. The predicted molar refractivity (Wildman–Crippen MR) is 108 cm³/mol. The van der Waals surface area contributed by atoms with Gasteiger partial charge in [0.1, 0.15) is 5.75 Å². The van der Waals surface area contributed by atoms with E-state index in [0.29, 0.717) is 0 Å². The van der Waals surface area contributed by atoms with Crippen LogP contribution in [-0.4, -0.2) is 6.61 Å². The molecule has 24 heavy (non-hydrogen) atoms. The van der Waals surface area contributed by atoms with Crippen LogP contribution in [0.2, 0.25) is 0 Å². The second-order valence-corrected chi connectivity index (χ2v) is 6.83. The lowest BCUT2D eigenvalue weighted by Crippen LogP contribution is -1.98. The molecule has 0 amide bonds. The summed E-state index contributed by atoms with van der Waals surface area (Å²) in [5.41, 5.74) is 1.09. The van der Waals surface area contributed by atoms with Crippen molar-refractivity contribution in [3.63, 3.8) is 0 Å². The van der Waals surface area contributed by atoms with Crippen LogP contribution in [-0.2, 0) is 0 Å². The third-order valence-corrected chi connectivity index (χ3v) is 4.64. The van der Waals surface area contributed by atoms with Gasteiger partial charge in [-0.1, -0.05) is 115 Å². The molecular weight excluding hydrogens is 292 g/mol. The summed E-state index contributed by atoms with van der Waals surface area (Å²) in [6.07, 6.45) is 19.9. The molecule has 1 rings (SSSR count). The van der Waals surface area contributed by atoms with Gasteiger partial charge in [0.15, 0.2) is 0 Å². The smallest absolute Gasteiger partial charge is 0.126 e. The lowest BCUT2D eigenvalue weighted by atomic mass is 10.0. The summed E-state index contributed by atoms with van der Waals surface area (Å²) in [7, 11) is 0. The summed E-state index contributed by atoms with van der Waals surface area (Å²) in [4.78, 5) is 0. The molecule has 1 aromatic carbocycles. The Morgan fingerprint density at radius 2 is 1.25 bits per heavy atom. The Bertz CT molecular complexity index is 410. The van der Waals surface area contributed by atoms with Crippen molar-refractivity contribution in [2.75, 3.05) is 6.61 Å². The van der Waals surface area contributed by atoms with E-state index in [1.165, 1.54) is 77.0 Å². The summed E-state index contributed by atoms with van der Waals surface area (Å²) in [5.74, 6) is 0.964. The maximum absolute atomic E-state index is 5.86. The van der Waals surface area contributed by atoms with E-state index in [-0.39, 0.29) is 0 Å². The van der Waals surface area contributed by atoms with Crippen LogP contribution in [0.3, 0.4) is 0 Å². The van der Waals surface area contributed by atoms with Crippen molar-refractivity contribution in [1.29, 1.82) is 0 Å². The Labute approximate surface area is 150 Å². The Hall–Kier alpha value is -1.24. The SMILES string of the molecule is C=Cc1ccccc1OCCCCCCCCCCCCCCC. The molecule has 1 nitrogen and oxygen atoms in total. The highest BCUT2D eigenvalue weighted by atomic mass is 16.5. The Morgan fingerprint density at radius 3 is 1.79 bits per heavy atom. The minimum absolute atomic E-state index is 0.822. The average Bonchev–Trinajstić information content (AvgIpc) is 2.62. The normalized spacial score (nSPS) is 10.7. The molecule has 1 heteroatoms. The summed E-state index contributed by atoms with van der Waals surface area (Å²) in [5, 5.41) is 0. The van der Waals surface area contributed by atoms with Crippen LogP contribution in [0, 0.1) is 0 Å². The molecule has 0 saturated heterocycles. The summed E-state index contributed by atoms with van der Waals surface area (Å²) >= 11 is 0. The predicted octanol–water partition coefficient (Wildman–Crippen LogP) is 7.80. The van der Waals surface area contributed by atoms with E-state index in [2.05, 4.69) is 13.5 Å². The molecule has 0 bridgehead atoms.